The predicted octanol–water partition coefficient (Wildman–Crippen LogP) is 1.27. The van der Waals surface area contributed by atoms with Gasteiger partial charge in [0.05, 0.1) is 4.90 Å². The topological polar surface area (TPSA) is 65.7 Å². The van der Waals surface area contributed by atoms with Crippen LogP contribution in [0.4, 0.5) is 0 Å². The van der Waals surface area contributed by atoms with Gasteiger partial charge in [-0.1, -0.05) is 12.8 Å². The van der Waals surface area contributed by atoms with E-state index in [-0.39, 0.29) is 5.56 Å². The SMILES string of the molecule is O=c1[nH]c2c(c(=O)[nH]1)SCCCCCC2. The molecule has 0 atom stereocenters. The lowest BCUT2D eigenvalue weighted by Crippen LogP contribution is -2.25. The van der Waals surface area contributed by atoms with Crippen molar-refractivity contribution in [3.05, 3.63) is 26.5 Å². The molecule has 0 bridgehead atoms. The van der Waals surface area contributed by atoms with Gasteiger partial charge in [-0.05, 0) is 25.0 Å². The molecule has 0 saturated carbocycles. The van der Waals surface area contributed by atoms with Crippen LogP contribution in [-0.2, 0) is 6.42 Å². The van der Waals surface area contributed by atoms with Gasteiger partial charge in [-0.25, -0.2) is 4.79 Å². The van der Waals surface area contributed by atoms with Crippen molar-refractivity contribution >= 4 is 11.8 Å². The third-order valence-corrected chi connectivity index (χ3v) is 3.75. The van der Waals surface area contributed by atoms with Gasteiger partial charge in [0.15, 0.2) is 0 Å². The maximum absolute atomic E-state index is 11.6. The zero-order chi connectivity index (χ0) is 10.7. The molecule has 0 fully saturated rings. The van der Waals surface area contributed by atoms with Crippen LogP contribution in [-0.4, -0.2) is 15.7 Å². The number of hydrogen-bond donors (Lipinski definition) is 2. The van der Waals surface area contributed by atoms with E-state index in [0.717, 1.165) is 30.7 Å². The van der Waals surface area contributed by atoms with Crippen LogP contribution < -0.4 is 11.2 Å². The van der Waals surface area contributed by atoms with Crippen LogP contribution in [0.3, 0.4) is 0 Å². The molecule has 0 saturated heterocycles. The van der Waals surface area contributed by atoms with Crippen LogP contribution >= 0.6 is 11.8 Å². The molecule has 1 aliphatic rings. The minimum atomic E-state index is -0.390. The van der Waals surface area contributed by atoms with E-state index < -0.39 is 5.69 Å². The van der Waals surface area contributed by atoms with E-state index in [4.69, 9.17) is 0 Å². The molecule has 2 N–H and O–H groups in total. The lowest BCUT2D eigenvalue weighted by molar-refractivity contribution is 0.660. The quantitative estimate of drug-likeness (QED) is 0.700. The molecule has 1 aliphatic heterocycles. The maximum atomic E-state index is 11.6. The Bertz CT molecular complexity index is 449. The number of thioether (sulfide) groups is 1. The molecule has 0 aromatic carbocycles. The van der Waals surface area contributed by atoms with E-state index in [9.17, 15) is 9.59 Å². The second kappa shape index (κ2) is 4.70. The average molecular weight is 226 g/mol. The first kappa shape index (κ1) is 10.5. The van der Waals surface area contributed by atoms with E-state index in [2.05, 4.69) is 9.97 Å². The van der Waals surface area contributed by atoms with Crippen LogP contribution in [0.15, 0.2) is 14.5 Å². The molecule has 82 valence electrons. The summed E-state index contributed by atoms with van der Waals surface area (Å²) in [5.74, 6) is 0.960. The third-order valence-electron chi connectivity index (χ3n) is 2.54. The van der Waals surface area contributed by atoms with Crippen LogP contribution in [0.5, 0.6) is 0 Å². The van der Waals surface area contributed by atoms with Crippen molar-refractivity contribution in [1.29, 1.82) is 0 Å². The monoisotopic (exact) mass is 226 g/mol. The Hall–Kier alpha value is -0.970. The Morgan fingerprint density at radius 2 is 1.80 bits per heavy atom. The summed E-state index contributed by atoms with van der Waals surface area (Å²) in [6, 6.07) is 0. The molecular formula is C10H14N2O2S. The van der Waals surface area contributed by atoms with Crippen molar-refractivity contribution in [2.45, 2.75) is 37.0 Å². The second-order valence-electron chi connectivity index (χ2n) is 3.73. The Morgan fingerprint density at radius 3 is 2.67 bits per heavy atom. The standard InChI is InChI=1S/C10H14N2O2S/c13-9-8-7(11-10(14)12-9)5-3-1-2-4-6-15-8/h1-6H2,(H2,11,12,13,14). The van der Waals surface area contributed by atoms with E-state index in [1.165, 1.54) is 12.8 Å². The highest BCUT2D eigenvalue weighted by atomic mass is 32.2. The van der Waals surface area contributed by atoms with E-state index in [1.54, 1.807) is 11.8 Å². The molecule has 0 radical (unpaired) electrons. The van der Waals surface area contributed by atoms with Gasteiger partial charge in [-0.3, -0.25) is 9.78 Å². The molecule has 1 aromatic heterocycles. The Kier molecular flexibility index (Phi) is 3.30. The molecule has 1 aromatic rings. The van der Waals surface area contributed by atoms with Gasteiger partial charge < -0.3 is 4.98 Å². The van der Waals surface area contributed by atoms with Gasteiger partial charge in [0.25, 0.3) is 5.56 Å². The average Bonchev–Trinajstić information content (AvgIpc) is 2.29. The van der Waals surface area contributed by atoms with Crippen molar-refractivity contribution in [2.75, 3.05) is 5.75 Å². The summed E-state index contributed by atoms with van der Waals surface area (Å²) in [6.45, 7) is 0. The number of aryl methyl sites for hydroxylation is 1. The molecule has 0 spiro atoms. The fourth-order valence-corrected chi connectivity index (χ4v) is 2.84. The predicted molar refractivity (Wildman–Crippen MR) is 60.6 cm³/mol. The van der Waals surface area contributed by atoms with Gasteiger partial charge in [0.1, 0.15) is 0 Å². The van der Waals surface area contributed by atoms with Crippen molar-refractivity contribution in [3.8, 4) is 0 Å². The summed E-state index contributed by atoms with van der Waals surface area (Å²) in [6.07, 6.45) is 5.38. The first-order valence-corrected chi connectivity index (χ1v) is 6.24. The van der Waals surface area contributed by atoms with Gasteiger partial charge >= 0.3 is 5.69 Å². The lowest BCUT2D eigenvalue weighted by atomic mass is 10.1. The summed E-state index contributed by atoms with van der Waals surface area (Å²) in [7, 11) is 0. The molecule has 5 heteroatoms. The fourth-order valence-electron chi connectivity index (χ4n) is 1.78. The lowest BCUT2D eigenvalue weighted by Gasteiger charge is -2.04. The zero-order valence-electron chi connectivity index (χ0n) is 8.47. The van der Waals surface area contributed by atoms with Gasteiger partial charge in [0, 0.05) is 5.69 Å². The normalized spacial score (nSPS) is 17.3. The summed E-state index contributed by atoms with van der Waals surface area (Å²) in [5.41, 5.74) is 0.190. The summed E-state index contributed by atoms with van der Waals surface area (Å²) < 4.78 is 0. The van der Waals surface area contributed by atoms with Crippen molar-refractivity contribution in [1.82, 2.24) is 9.97 Å². The van der Waals surface area contributed by atoms with Crippen LogP contribution in [0.25, 0.3) is 0 Å². The second-order valence-corrected chi connectivity index (χ2v) is 4.83. The van der Waals surface area contributed by atoms with E-state index in [0.29, 0.717) is 4.90 Å². The summed E-state index contributed by atoms with van der Waals surface area (Å²) in [4.78, 5) is 28.4. The zero-order valence-corrected chi connectivity index (χ0v) is 9.28. The number of rotatable bonds is 0. The van der Waals surface area contributed by atoms with Crippen molar-refractivity contribution in [3.63, 3.8) is 0 Å². The number of nitrogens with one attached hydrogen (secondary N) is 2. The Morgan fingerprint density at radius 1 is 1.00 bits per heavy atom. The molecule has 2 rings (SSSR count). The van der Waals surface area contributed by atoms with E-state index in [1.807, 2.05) is 0 Å². The minimum absolute atomic E-state index is 0.236. The highest BCUT2D eigenvalue weighted by molar-refractivity contribution is 7.99. The first-order chi connectivity index (χ1) is 7.27. The van der Waals surface area contributed by atoms with E-state index >= 15 is 0 Å². The van der Waals surface area contributed by atoms with Gasteiger partial charge in [-0.2, -0.15) is 0 Å². The third kappa shape index (κ3) is 2.53. The molecule has 15 heavy (non-hydrogen) atoms. The molecule has 0 aliphatic carbocycles. The van der Waals surface area contributed by atoms with Crippen LogP contribution in [0, 0.1) is 0 Å². The maximum Gasteiger partial charge on any atom is 0.325 e. The summed E-state index contributed by atoms with van der Waals surface area (Å²) >= 11 is 1.56. The first-order valence-electron chi connectivity index (χ1n) is 5.25. The highest BCUT2D eigenvalue weighted by Gasteiger charge is 2.11. The number of fused-ring (bicyclic) bond motifs is 1. The van der Waals surface area contributed by atoms with Crippen LogP contribution in [0.2, 0.25) is 0 Å². The number of aromatic amines is 2. The van der Waals surface area contributed by atoms with Crippen molar-refractivity contribution in [2.24, 2.45) is 0 Å². The largest absolute Gasteiger partial charge is 0.325 e. The number of H-pyrrole nitrogens is 2. The molecule has 4 nitrogen and oxygen atoms in total. The molecule has 0 amide bonds. The Balaban J connectivity index is 2.41. The molecule has 0 unspecified atom stereocenters. The van der Waals surface area contributed by atoms with Crippen molar-refractivity contribution < 1.29 is 0 Å². The number of hydrogen-bond acceptors (Lipinski definition) is 3. The Labute approximate surface area is 91.5 Å². The van der Waals surface area contributed by atoms with Crippen LogP contribution in [0.1, 0.15) is 31.4 Å². The number of aromatic nitrogens is 2. The summed E-state index contributed by atoms with van der Waals surface area (Å²) in [5, 5.41) is 0. The fraction of sp³-hybridized carbons (Fsp3) is 0.600. The highest BCUT2D eigenvalue weighted by Crippen LogP contribution is 2.22. The molecule has 2 heterocycles. The van der Waals surface area contributed by atoms with Gasteiger partial charge in [-0.15, -0.1) is 11.8 Å². The van der Waals surface area contributed by atoms with Gasteiger partial charge in [0.2, 0.25) is 0 Å². The molecular weight excluding hydrogens is 212 g/mol. The smallest absolute Gasteiger partial charge is 0.310 e. The minimum Gasteiger partial charge on any atom is -0.310 e.